The van der Waals surface area contributed by atoms with Gasteiger partial charge in [-0.2, -0.15) is 0 Å². The molecule has 5 nitrogen and oxygen atoms in total. The van der Waals surface area contributed by atoms with Gasteiger partial charge in [0.25, 0.3) is 0 Å². The Morgan fingerprint density at radius 2 is 1.82 bits per heavy atom. The highest BCUT2D eigenvalue weighted by Crippen LogP contribution is 2.22. The number of rotatable bonds is 3. The molecule has 0 spiro atoms. The Bertz CT molecular complexity index is 900. The van der Waals surface area contributed by atoms with Crippen molar-refractivity contribution in [3.05, 3.63) is 73.4 Å². The van der Waals surface area contributed by atoms with Crippen LogP contribution in [-0.2, 0) is 0 Å². The Hall–Kier alpha value is -3.21. The number of aromatic nitrogens is 4. The molecule has 2 heterocycles. The molecule has 0 fully saturated rings. The van der Waals surface area contributed by atoms with Crippen LogP contribution in [0, 0.1) is 0 Å². The average Bonchev–Trinajstić information content (AvgIpc) is 3.00. The molecule has 0 radical (unpaired) electrons. The number of hydrogen-bond donors (Lipinski definition) is 1. The summed E-state index contributed by atoms with van der Waals surface area (Å²) in [6.45, 7) is 0. The van der Waals surface area contributed by atoms with Gasteiger partial charge in [0, 0.05) is 23.8 Å². The molecule has 4 rings (SSSR count). The van der Waals surface area contributed by atoms with E-state index < -0.39 is 0 Å². The molecule has 4 aromatic rings. The Morgan fingerprint density at radius 1 is 0.909 bits per heavy atom. The standard InChI is InChI=1S/C17H13N5/c1-2-4-14(5-3-1)22-12-20-15-10-13(6-7-16(15)22)21-17-11-18-8-9-19-17/h1-12H,(H,19,21). The van der Waals surface area contributed by atoms with Crippen LogP contribution in [0.15, 0.2) is 73.4 Å². The number of nitrogens with zero attached hydrogens (tertiary/aromatic N) is 4. The molecule has 0 bridgehead atoms. The van der Waals surface area contributed by atoms with Crippen LogP contribution in [0.5, 0.6) is 0 Å². The smallest absolute Gasteiger partial charge is 0.148 e. The maximum absolute atomic E-state index is 4.48. The van der Waals surface area contributed by atoms with Crippen LogP contribution in [0.25, 0.3) is 16.7 Å². The van der Waals surface area contributed by atoms with Gasteiger partial charge in [-0.25, -0.2) is 9.97 Å². The van der Waals surface area contributed by atoms with Crippen molar-refractivity contribution >= 4 is 22.5 Å². The van der Waals surface area contributed by atoms with Crippen molar-refractivity contribution in [1.29, 1.82) is 0 Å². The summed E-state index contributed by atoms with van der Waals surface area (Å²) < 4.78 is 2.07. The predicted molar refractivity (Wildman–Crippen MR) is 86.4 cm³/mol. The highest BCUT2D eigenvalue weighted by Gasteiger charge is 2.05. The van der Waals surface area contributed by atoms with Gasteiger partial charge in [0.2, 0.25) is 0 Å². The lowest BCUT2D eigenvalue weighted by Crippen LogP contribution is -1.94. The van der Waals surface area contributed by atoms with Crippen LogP contribution in [0.4, 0.5) is 11.5 Å². The van der Waals surface area contributed by atoms with Crippen molar-refractivity contribution < 1.29 is 0 Å². The first-order valence-corrected chi connectivity index (χ1v) is 6.96. The van der Waals surface area contributed by atoms with Gasteiger partial charge in [0.1, 0.15) is 12.1 Å². The average molecular weight is 287 g/mol. The van der Waals surface area contributed by atoms with E-state index in [0.29, 0.717) is 5.82 Å². The fraction of sp³-hybridized carbons (Fsp3) is 0. The molecule has 5 heteroatoms. The molecule has 0 aliphatic carbocycles. The van der Waals surface area contributed by atoms with Crippen molar-refractivity contribution in [2.75, 3.05) is 5.32 Å². The van der Waals surface area contributed by atoms with E-state index in [1.807, 2.05) is 42.7 Å². The van der Waals surface area contributed by atoms with E-state index >= 15 is 0 Å². The van der Waals surface area contributed by atoms with Crippen LogP contribution in [0.3, 0.4) is 0 Å². The fourth-order valence-corrected chi connectivity index (χ4v) is 2.40. The number of fused-ring (bicyclic) bond motifs is 1. The third kappa shape index (κ3) is 2.29. The van der Waals surface area contributed by atoms with E-state index in [9.17, 15) is 0 Å². The van der Waals surface area contributed by atoms with Gasteiger partial charge in [0.15, 0.2) is 0 Å². The molecule has 0 unspecified atom stereocenters. The lowest BCUT2D eigenvalue weighted by atomic mass is 10.2. The van der Waals surface area contributed by atoms with Gasteiger partial charge in [-0.15, -0.1) is 0 Å². The molecule has 0 aliphatic rings. The Labute approximate surface area is 127 Å². The molecule has 2 aromatic carbocycles. The number of para-hydroxylation sites is 1. The lowest BCUT2D eigenvalue weighted by Gasteiger charge is -2.06. The number of benzene rings is 2. The summed E-state index contributed by atoms with van der Waals surface area (Å²) in [5, 5.41) is 3.22. The summed E-state index contributed by atoms with van der Waals surface area (Å²) in [5.41, 5.74) is 4.03. The molecule has 0 saturated carbocycles. The van der Waals surface area contributed by atoms with E-state index in [2.05, 4.69) is 37.0 Å². The van der Waals surface area contributed by atoms with E-state index in [1.54, 1.807) is 18.6 Å². The summed E-state index contributed by atoms with van der Waals surface area (Å²) in [7, 11) is 0. The largest absolute Gasteiger partial charge is 0.339 e. The van der Waals surface area contributed by atoms with Gasteiger partial charge in [0.05, 0.1) is 17.2 Å². The molecule has 106 valence electrons. The topological polar surface area (TPSA) is 55.6 Å². The van der Waals surface area contributed by atoms with E-state index in [0.717, 1.165) is 22.4 Å². The first-order chi connectivity index (χ1) is 10.9. The van der Waals surface area contributed by atoms with Gasteiger partial charge in [-0.3, -0.25) is 9.55 Å². The summed E-state index contributed by atoms with van der Waals surface area (Å²) in [6.07, 6.45) is 6.83. The molecule has 0 amide bonds. The molecular weight excluding hydrogens is 274 g/mol. The van der Waals surface area contributed by atoms with Crippen LogP contribution in [0.1, 0.15) is 0 Å². The van der Waals surface area contributed by atoms with Gasteiger partial charge >= 0.3 is 0 Å². The molecule has 2 aromatic heterocycles. The van der Waals surface area contributed by atoms with Gasteiger partial charge in [-0.05, 0) is 30.3 Å². The highest BCUT2D eigenvalue weighted by atomic mass is 15.1. The maximum atomic E-state index is 4.48. The van der Waals surface area contributed by atoms with Crippen LogP contribution < -0.4 is 5.32 Å². The predicted octanol–water partition coefficient (Wildman–Crippen LogP) is 3.56. The highest BCUT2D eigenvalue weighted by molar-refractivity contribution is 5.82. The Kier molecular flexibility index (Phi) is 3.01. The minimum absolute atomic E-state index is 0.712. The summed E-state index contributed by atoms with van der Waals surface area (Å²) >= 11 is 0. The SMILES string of the molecule is c1ccc(-n2cnc3cc(Nc4cnccn4)ccc32)cc1. The fourth-order valence-electron chi connectivity index (χ4n) is 2.40. The molecular formula is C17H13N5. The van der Waals surface area contributed by atoms with Crippen LogP contribution in [-0.4, -0.2) is 19.5 Å². The molecule has 0 atom stereocenters. The van der Waals surface area contributed by atoms with E-state index in [4.69, 9.17) is 0 Å². The zero-order chi connectivity index (χ0) is 14.8. The molecule has 1 N–H and O–H groups in total. The zero-order valence-electron chi connectivity index (χ0n) is 11.7. The molecule has 0 aliphatic heterocycles. The normalized spacial score (nSPS) is 10.7. The van der Waals surface area contributed by atoms with Crippen molar-refractivity contribution in [1.82, 2.24) is 19.5 Å². The third-order valence-corrected chi connectivity index (χ3v) is 3.42. The second-order valence-electron chi connectivity index (χ2n) is 4.87. The van der Waals surface area contributed by atoms with E-state index in [-0.39, 0.29) is 0 Å². The molecule has 0 saturated heterocycles. The van der Waals surface area contributed by atoms with Crippen LogP contribution >= 0.6 is 0 Å². The monoisotopic (exact) mass is 287 g/mol. The summed E-state index contributed by atoms with van der Waals surface area (Å²) in [4.78, 5) is 12.7. The van der Waals surface area contributed by atoms with E-state index in [1.165, 1.54) is 0 Å². The van der Waals surface area contributed by atoms with Crippen molar-refractivity contribution in [3.8, 4) is 5.69 Å². The first-order valence-electron chi connectivity index (χ1n) is 6.96. The number of anilines is 2. The summed E-state index contributed by atoms with van der Waals surface area (Å²) in [5.74, 6) is 0.712. The second-order valence-corrected chi connectivity index (χ2v) is 4.87. The maximum Gasteiger partial charge on any atom is 0.148 e. The number of hydrogen-bond acceptors (Lipinski definition) is 4. The second kappa shape index (κ2) is 5.29. The zero-order valence-corrected chi connectivity index (χ0v) is 11.7. The van der Waals surface area contributed by atoms with Crippen molar-refractivity contribution in [2.24, 2.45) is 0 Å². The number of imidazole rings is 1. The third-order valence-electron chi connectivity index (χ3n) is 3.42. The first kappa shape index (κ1) is 12.5. The lowest BCUT2D eigenvalue weighted by molar-refractivity contribution is 1.09. The number of nitrogens with one attached hydrogen (secondary N) is 1. The minimum atomic E-state index is 0.712. The molecule has 22 heavy (non-hydrogen) atoms. The minimum Gasteiger partial charge on any atom is -0.339 e. The Morgan fingerprint density at radius 3 is 2.64 bits per heavy atom. The van der Waals surface area contributed by atoms with Crippen molar-refractivity contribution in [3.63, 3.8) is 0 Å². The Balaban J connectivity index is 1.71. The quantitative estimate of drug-likeness (QED) is 0.626. The van der Waals surface area contributed by atoms with Crippen molar-refractivity contribution in [2.45, 2.75) is 0 Å². The van der Waals surface area contributed by atoms with Crippen LogP contribution in [0.2, 0.25) is 0 Å². The summed E-state index contributed by atoms with van der Waals surface area (Å²) in [6, 6.07) is 16.2. The van der Waals surface area contributed by atoms with Gasteiger partial charge < -0.3 is 5.32 Å². The van der Waals surface area contributed by atoms with Gasteiger partial charge in [-0.1, -0.05) is 18.2 Å².